The summed E-state index contributed by atoms with van der Waals surface area (Å²) in [6.07, 6.45) is 29.9. The minimum Gasteiger partial charge on any atom is -0.394 e. The van der Waals surface area contributed by atoms with E-state index in [2.05, 4.69) is 37.4 Å². The molecule has 0 saturated carbocycles. The number of allylic oxidation sites excluding steroid dienone is 4. The molecule has 3 unspecified atom stereocenters. The van der Waals surface area contributed by atoms with Gasteiger partial charge in [-0.3, -0.25) is 4.79 Å². The van der Waals surface area contributed by atoms with Gasteiger partial charge in [0.05, 0.1) is 18.8 Å². The first-order valence-corrected chi connectivity index (χ1v) is 15.6. The Morgan fingerprint density at radius 3 is 1.70 bits per heavy atom. The summed E-state index contributed by atoms with van der Waals surface area (Å²) in [6, 6.07) is -0.834. The zero-order valence-electron chi connectivity index (χ0n) is 24.3. The fourth-order valence-electron chi connectivity index (χ4n) is 4.56. The molecule has 0 heterocycles. The van der Waals surface area contributed by atoms with Gasteiger partial charge in [-0.2, -0.15) is 0 Å². The summed E-state index contributed by atoms with van der Waals surface area (Å²) in [6.45, 7) is 4.09. The van der Waals surface area contributed by atoms with Crippen molar-refractivity contribution in [1.29, 1.82) is 0 Å². The molecule has 0 aromatic rings. The molecule has 0 fully saturated rings. The molecule has 1 amide bonds. The maximum Gasteiger partial charge on any atom is 0.220 e. The van der Waals surface area contributed by atoms with Gasteiger partial charge < -0.3 is 20.6 Å². The zero-order valence-corrected chi connectivity index (χ0v) is 24.3. The number of rotatable bonds is 27. The largest absolute Gasteiger partial charge is 0.394 e. The van der Waals surface area contributed by atoms with Crippen molar-refractivity contribution in [3.05, 3.63) is 24.3 Å². The maximum atomic E-state index is 12.2. The maximum absolute atomic E-state index is 12.2. The third kappa shape index (κ3) is 23.7. The summed E-state index contributed by atoms with van der Waals surface area (Å²) in [4.78, 5) is 12.2. The van der Waals surface area contributed by atoms with Crippen LogP contribution < -0.4 is 5.32 Å². The van der Waals surface area contributed by atoms with Crippen LogP contribution in [0.15, 0.2) is 24.3 Å². The van der Waals surface area contributed by atoms with E-state index in [4.69, 9.17) is 0 Å². The van der Waals surface area contributed by atoms with Crippen molar-refractivity contribution in [2.45, 2.75) is 167 Å². The summed E-state index contributed by atoms with van der Waals surface area (Å²) >= 11 is 0. The minimum atomic E-state index is -1.15. The average molecular weight is 524 g/mol. The number of carbonyl (C=O) groups excluding carboxylic acids is 1. The molecule has 0 rings (SSSR count). The van der Waals surface area contributed by atoms with Crippen molar-refractivity contribution in [3.8, 4) is 0 Å². The molecule has 5 nitrogen and oxygen atoms in total. The smallest absolute Gasteiger partial charge is 0.220 e. The third-order valence-corrected chi connectivity index (χ3v) is 7.07. The van der Waals surface area contributed by atoms with Crippen LogP contribution in [0, 0.1) is 0 Å². The highest BCUT2D eigenvalue weighted by Crippen LogP contribution is 2.14. The predicted octanol–water partition coefficient (Wildman–Crippen LogP) is 7.53. The van der Waals surface area contributed by atoms with Crippen LogP contribution in [-0.2, 0) is 4.79 Å². The monoisotopic (exact) mass is 523 g/mol. The molecule has 4 N–H and O–H groups in total. The number of amides is 1. The second-order valence-corrected chi connectivity index (χ2v) is 10.7. The van der Waals surface area contributed by atoms with Crippen molar-refractivity contribution in [2.24, 2.45) is 0 Å². The molecule has 0 bridgehead atoms. The molecule has 0 saturated heterocycles. The van der Waals surface area contributed by atoms with Crippen LogP contribution >= 0.6 is 0 Å². The summed E-state index contributed by atoms with van der Waals surface area (Å²) in [5, 5.41) is 33.0. The highest BCUT2D eigenvalue weighted by Gasteiger charge is 2.26. The topological polar surface area (TPSA) is 89.8 Å². The van der Waals surface area contributed by atoms with E-state index in [1.54, 1.807) is 0 Å². The van der Waals surface area contributed by atoms with Gasteiger partial charge in [-0.15, -0.1) is 0 Å². The number of carbonyl (C=O) groups is 1. The summed E-state index contributed by atoms with van der Waals surface area (Å²) in [5.41, 5.74) is 0. The Balaban J connectivity index is 3.87. The SMILES string of the molecule is CCCCCCCC/C=C\C/C=C\CCC(=O)NC(CO)C(O)C(O)CCCCCCCCCCCC. The molecule has 0 aliphatic rings. The van der Waals surface area contributed by atoms with Crippen LogP contribution in [-0.4, -0.2) is 46.1 Å². The van der Waals surface area contributed by atoms with Crippen LogP contribution in [0.4, 0.5) is 0 Å². The molecule has 0 radical (unpaired) electrons. The molecule has 218 valence electrons. The lowest BCUT2D eigenvalue weighted by Gasteiger charge is -2.26. The van der Waals surface area contributed by atoms with Crippen LogP contribution in [0.2, 0.25) is 0 Å². The van der Waals surface area contributed by atoms with Gasteiger partial charge in [-0.05, 0) is 32.1 Å². The molecule has 0 aromatic heterocycles. The molecule has 3 atom stereocenters. The van der Waals surface area contributed by atoms with Gasteiger partial charge in [0.1, 0.15) is 6.10 Å². The lowest BCUT2D eigenvalue weighted by atomic mass is 9.99. The quantitative estimate of drug-likeness (QED) is 0.0661. The normalized spacial score (nSPS) is 14.4. The summed E-state index contributed by atoms with van der Waals surface area (Å²) < 4.78 is 0. The first kappa shape index (κ1) is 35.8. The second-order valence-electron chi connectivity index (χ2n) is 10.7. The Hall–Kier alpha value is -1.17. The molecule has 0 aliphatic heterocycles. The molecule has 5 heteroatoms. The number of unbranched alkanes of at least 4 members (excludes halogenated alkanes) is 15. The van der Waals surface area contributed by atoms with Crippen molar-refractivity contribution in [1.82, 2.24) is 5.32 Å². The van der Waals surface area contributed by atoms with E-state index in [0.717, 1.165) is 32.1 Å². The van der Waals surface area contributed by atoms with Gasteiger partial charge in [0.25, 0.3) is 0 Å². The third-order valence-electron chi connectivity index (χ3n) is 7.07. The Morgan fingerprint density at radius 2 is 1.16 bits per heavy atom. The second kappa shape index (κ2) is 27.9. The minimum absolute atomic E-state index is 0.215. The lowest BCUT2D eigenvalue weighted by Crippen LogP contribution is -2.50. The fraction of sp³-hybridized carbons (Fsp3) is 0.844. The van der Waals surface area contributed by atoms with Gasteiger partial charge in [0.15, 0.2) is 0 Å². The zero-order chi connectivity index (χ0) is 27.4. The van der Waals surface area contributed by atoms with Gasteiger partial charge in [-0.25, -0.2) is 0 Å². The van der Waals surface area contributed by atoms with Crippen molar-refractivity contribution >= 4 is 5.91 Å². The van der Waals surface area contributed by atoms with Crippen molar-refractivity contribution in [2.75, 3.05) is 6.61 Å². The average Bonchev–Trinajstić information content (AvgIpc) is 2.90. The molecular formula is C32H61NO4. The Bertz CT molecular complexity index is 549. The van der Waals surface area contributed by atoms with E-state index < -0.39 is 18.2 Å². The Kier molecular flexibility index (Phi) is 27.0. The molecule has 0 aromatic carbocycles. The van der Waals surface area contributed by atoms with Gasteiger partial charge >= 0.3 is 0 Å². The Labute approximate surface area is 229 Å². The molecular weight excluding hydrogens is 462 g/mol. The van der Waals surface area contributed by atoms with E-state index in [-0.39, 0.29) is 12.5 Å². The number of aliphatic hydroxyl groups excluding tert-OH is 3. The van der Waals surface area contributed by atoms with E-state index in [1.165, 1.54) is 83.5 Å². The van der Waals surface area contributed by atoms with E-state index in [9.17, 15) is 20.1 Å². The van der Waals surface area contributed by atoms with E-state index >= 15 is 0 Å². The summed E-state index contributed by atoms with van der Waals surface area (Å²) in [7, 11) is 0. The highest BCUT2D eigenvalue weighted by atomic mass is 16.3. The van der Waals surface area contributed by atoms with E-state index in [0.29, 0.717) is 19.3 Å². The first-order valence-electron chi connectivity index (χ1n) is 15.6. The van der Waals surface area contributed by atoms with Gasteiger partial charge in [-0.1, -0.05) is 134 Å². The number of nitrogens with one attached hydrogen (secondary N) is 1. The van der Waals surface area contributed by atoms with Crippen molar-refractivity contribution < 1.29 is 20.1 Å². The number of hydrogen-bond donors (Lipinski definition) is 4. The van der Waals surface area contributed by atoms with Crippen LogP contribution in [0.3, 0.4) is 0 Å². The van der Waals surface area contributed by atoms with Gasteiger partial charge in [0.2, 0.25) is 5.91 Å². The summed E-state index contributed by atoms with van der Waals surface area (Å²) in [5.74, 6) is -0.215. The molecule has 0 aliphatic carbocycles. The van der Waals surface area contributed by atoms with E-state index in [1.807, 2.05) is 6.08 Å². The van der Waals surface area contributed by atoms with Crippen LogP contribution in [0.5, 0.6) is 0 Å². The Morgan fingerprint density at radius 1 is 0.676 bits per heavy atom. The lowest BCUT2D eigenvalue weighted by molar-refractivity contribution is -0.124. The standard InChI is InChI=1S/C32H61NO4/c1-3-5-7-9-11-13-15-16-17-19-21-23-25-27-31(36)33-29(28-34)32(37)30(35)26-24-22-20-18-14-12-10-8-6-4-2/h16-17,21,23,29-30,32,34-35,37H,3-15,18-20,22,24-28H2,1-2H3,(H,33,36)/b17-16-,23-21-. The molecule has 37 heavy (non-hydrogen) atoms. The molecule has 0 spiro atoms. The predicted molar refractivity (Wildman–Crippen MR) is 158 cm³/mol. The van der Waals surface area contributed by atoms with Crippen molar-refractivity contribution in [3.63, 3.8) is 0 Å². The number of aliphatic hydroxyl groups is 3. The number of hydrogen-bond acceptors (Lipinski definition) is 4. The van der Waals surface area contributed by atoms with Gasteiger partial charge in [0, 0.05) is 6.42 Å². The first-order chi connectivity index (χ1) is 18.1. The van der Waals surface area contributed by atoms with Crippen LogP contribution in [0.1, 0.15) is 149 Å². The fourth-order valence-corrected chi connectivity index (χ4v) is 4.56. The highest BCUT2D eigenvalue weighted by molar-refractivity contribution is 5.76. The van der Waals surface area contributed by atoms with Crippen LogP contribution in [0.25, 0.3) is 0 Å².